The molecular weight excluding hydrogens is 220 g/mol. The molecule has 2 aliphatic carbocycles. The van der Waals surface area contributed by atoms with Crippen LogP contribution in [0.15, 0.2) is 36.4 Å². The molecule has 18 heavy (non-hydrogen) atoms. The highest BCUT2D eigenvalue weighted by atomic mass is 14.8. The first-order valence-corrected chi connectivity index (χ1v) is 6.84. The molecule has 0 atom stereocenters. The summed E-state index contributed by atoms with van der Waals surface area (Å²) >= 11 is 0. The molecule has 2 fully saturated rings. The highest BCUT2D eigenvalue weighted by molar-refractivity contribution is 5.54. The second kappa shape index (κ2) is 3.91. The van der Waals surface area contributed by atoms with Gasteiger partial charge in [-0.15, -0.1) is 0 Å². The minimum absolute atomic E-state index is 0.705. The summed E-state index contributed by atoms with van der Waals surface area (Å²) < 4.78 is 0. The van der Waals surface area contributed by atoms with E-state index in [9.17, 15) is 0 Å². The Morgan fingerprint density at radius 2 is 1.11 bits per heavy atom. The number of rotatable bonds is 3. The van der Waals surface area contributed by atoms with Crippen LogP contribution in [0.4, 0.5) is 0 Å². The molecule has 0 N–H and O–H groups in total. The minimum atomic E-state index is 0.705. The lowest BCUT2D eigenvalue weighted by Gasteiger charge is -2.05. The summed E-state index contributed by atoms with van der Waals surface area (Å²) in [5.74, 6) is 1.41. The van der Waals surface area contributed by atoms with Gasteiger partial charge >= 0.3 is 0 Å². The van der Waals surface area contributed by atoms with Gasteiger partial charge in [-0.2, -0.15) is 0 Å². The highest BCUT2D eigenvalue weighted by Gasteiger charge is 2.26. The van der Waals surface area contributed by atoms with E-state index in [0.717, 1.165) is 11.4 Å². The Morgan fingerprint density at radius 3 is 1.50 bits per heavy atom. The molecule has 90 valence electrons. The van der Waals surface area contributed by atoms with Gasteiger partial charge in [-0.3, -0.25) is 9.97 Å². The quantitative estimate of drug-likeness (QED) is 0.807. The maximum absolute atomic E-state index is 4.76. The summed E-state index contributed by atoms with van der Waals surface area (Å²) in [4.78, 5) is 9.53. The van der Waals surface area contributed by atoms with Gasteiger partial charge in [-0.1, -0.05) is 12.1 Å². The van der Waals surface area contributed by atoms with Crippen LogP contribution in [-0.4, -0.2) is 9.97 Å². The Balaban J connectivity index is 1.72. The van der Waals surface area contributed by atoms with Crippen molar-refractivity contribution >= 4 is 0 Å². The van der Waals surface area contributed by atoms with Crippen LogP contribution >= 0.6 is 0 Å². The summed E-state index contributed by atoms with van der Waals surface area (Å²) in [5.41, 5.74) is 4.54. The first-order chi connectivity index (χ1) is 8.90. The fraction of sp³-hybridized carbons (Fsp3) is 0.375. The van der Waals surface area contributed by atoms with E-state index >= 15 is 0 Å². The second-order valence-corrected chi connectivity index (χ2v) is 5.44. The summed E-state index contributed by atoms with van der Waals surface area (Å²) in [7, 11) is 0. The van der Waals surface area contributed by atoms with Gasteiger partial charge in [0.1, 0.15) is 0 Å². The zero-order valence-electron chi connectivity index (χ0n) is 10.3. The average Bonchev–Trinajstić information content (AvgIpc) is 3.32. The first kappa shape index (κ1) is 10.2. The summed E-state index contributed by atoms with van der Waals surface area (Å²) in [5, 5.41) is 0. The average molecular weight is 236 g/mol. The van der Waals surface area contributed by atoms with E-state index in [1.165, 1.54) is 37.1 Å². The molecule has 2 nitrogen and oxygen atoms in total. The Morgan fingerprint density at radius 1 is 0.667 bits per heavy atom. The van der Waals surface area contributed by atoms with Crippen LogP contribution in [0, 0.1) is 0 Å². The number of pyridine rings is 2. The Hall–Kier alpha value is -1.70. The SMILES string of the molecule is c1cc(-c2cccc(C3CC3)n2)nc(C2CC2)c1. The van der Waals surface area contributed by atoms with E-state index in [1.54, 1.807) is 0 Å². The molecule has 2 heterocycles. The second-order valence-electron chi connectivity index (χ2n) is 5.44. The van der Waals surface area contributed by atoms with Gasteiger partial charge < -0.3 is 0 Å². The molecule has 0 aliphatic heterocycles. The van der Waals surface area contributed by atoms with Crippen molar-refractivity contribution in [3.05, 3.63) is 47.8 Å². The third kappa shape index (κ3) is 1.92. The van der Waals surface area contributed by atoms with Gasteiger partial charge in [0.2, 0.25) is 0 Å². The summed E-state index contributed by atoms with van der Waals surface area (Å²) in [6, 6.07) is 12.7. The van der Waals surface area contributed by atoms with Crippen molar-refractivity contribution < 1.29 is 0 Å². The molecule has 0 spiro atoms. The Labute approximate surface area is 107 Å². The van der Waals surface area contributed by atoms with Crippen molar-refractivity contribution in [3.8, 4) is 11.4 Å². The Kier molecular flexibility index (Phi) is 2.22. The largest absolute Gasteiger partial charge is 0.251 e. The zero-order valence-corrected chi connectivity index (χ0v) is 10.3. The minimum Gasteiger partial charge on any atom is -0.251 e. The van der Waals surface area contributed by atoms with Crippen LogP contribution in [0.5, 0.6) is 0 Å². The molecule has 4 rings (SSSR count). The maximum atomic E-state index is 4.76. The van der Waals surface area contributed by atoms with Crippen molar-refractivity contribution in [2.24, 2.45) is 0 Å². The molecule has 2 aromatic heterocycles. The fourth-order valence-corrected chi connectivity index (χ4v) is 2.40. The van der Waals surface area contributed by atoms with Gasteiger partial charge in [-0.05, 0) is 49.9 Å². The predicted octanol–water partition coefficient (Wildman–Crippen LogP) is 3.90. The van der Waals surface area contributed by atoms with Gasteiger partial charge in [0.05, 0.1) is 11.4 Å². The van der Waals surface area contributed by atoms with Crippen molar-refractivity contribution in [2.75, 3.05) is 0 Å². The highest BCUT2D eigenvalue weighted by Crippen LogP contribution is 2.40. The standard InChI is InChI=1S/C16H16N2/c1-3-13(11-7-8-11)17-15(5-1)16-6-2-4-14(18-16)12-9-10-12/h1-6,11-12H,7-10H2. The number of hydrogen-bond donors (Lipinski definition) is 0. The molecular formula is C16H16N2. The maximum Gasteiger partial charge on any atom is 0.0889 e. The van der Waals surface area contributed by atoms with E-state index in [-0.39, 0.29) is 0 Å². The molecule has 0 radical (unpaired) electrons. The molecule has 2 heteroatoms. The van der Waals surface area contributed by atoms with Crippen LogP contribution in [0.25, 0.3) is 11.4 Å². The number of aromatic nitrogens is 2. The lowest BCUT2D eigenvalue weighted by atomic mass is 10.1. The normalized spacial score (nSPS) is 18.9. The van der Waals surface area contributed by atoms with Gasteiger partial charge in [-0.25, -0.2) is 0 Å². The van der Waals surface area contributed by atoms with Gasteiger partial charge in [0.25, 0.3) is 0 Å². The monoisotopic (exact) mass is 236 g/mol. The van der Waals surface area contributed by atoms with E-state index in [4.69, 9.17) is 9.97 Å². The van der Waals surface area contributed by atoms with Crippen LogP contribution < -0.4 is 0 Å². The summed E-state index contributed by atoms with van der Waals surface area (Å²) in [6.07, 6.45) is 5.19. The van der Waals surface area contributed by atoms with E-state index in [0.29, 0.717) is 11.8 Å². The van der Waals surface area contributed by atoms with Crippen molar-refractivity contribution in [1.82, 2.24) is 9.97 Å². The van der Waals surface area contributed by atoms with E-state index in [1.807, 2.05) is 0 Å². The molecule has 0 bridgehead atoms. The smallest absolute Gasteiger partial charge is 0.0889 e. The van der Waals surface area contributed by atoms with Crippen LogP contribution in [-0.2, 0) is 0 Å². The van der Waals surface area contributed by atoms with E-state index in [2.05, 4.69) is 36.4 Å². The van der Waals surface area contributed by atoms with Crippen molar-refractivity contribution in [2.45, 2.75) is 37.5 Å². The van der Waals surface area contributed by atoms with Crippen molar-refractivity contribution in [1.29, 1.82) is 0 Å². The topological polar surface area (TPSA) is 25.8 Å². The van der Waals surface area contributed by atoms with Crippen molar-refractivity contribution in [3.63, 3.8) is 0 Å². The van der Waals surface area contributed by atoms with Gasteiger partial charge in [0, 0.05) is 23.2 Å². The molecule has 0 amide bonds. The summed E-state index contributed by atoms with van der Waals surface area (Å²) in [6.45, 7) is 0. The molecule has 2 saturated carbocycles. The third-order valence-electron chi connectivity index (χ3n) is 3.79. The first-order valence-electron chi connectivity index (χ1n) is 6.84. The molecule has 0 unspecified atom stereocenters. The van der Waals surface area contributed by atoms with Crippen LogP contribution in [0.3, 0.4) is 0 Å². The van der Waals surface area contributed by atoms with E-state index < -0.39 is 0 Å². The van der Waals surface area contributed by atoms with Crippen LogP contribution in [0.2, 0.25) is 0 Å². The van der Waals surface area contributed by atoms with Crippen LogP contribution in [0.1, 0.15) is 48.9 Å². The lowest BCUT2D eigenvalue weighted by Crippen LogP contribution is -1.94. The zero-order chi connectivity index (χ0) is 11.9. The lowest BCUT2D eigenvalue weighted by molar-refractivity contribution is 1.00. The predicted molar refractivity (Wildman–Crippen MR) is 71.4 cm³/mol. The third-order valence-corrected chi connectivity index (χ3v) is 3.79. The Bertz CT molecular complexity index is 530. The number of hydrogen-bond acceptors (Lipinski definition) is 2. The number of nitrogens with zero attached hydrogens (tertiary/aromatic N) is 2. The molecule has 0 saturated heterocycles. The molecule has 0 aromatic carbocycles. The fourth-order valence-electron chi connectivity index (χ4n) is 2.40. The van der Waals surface area contributed by atoms with Gasteiger partial charge in [0.15, 0.2) is 0 Å². The molecule has 2 aromatic rings. The molecule has 2 aliphatic rings.